The van der Waals surface area contributed by atoms with E-state index in [1.54, 1.807) is 0 Å². The molecule has 4 fully saturated rings. The highest BCUT2D eigenvalue weighted by atomic mass is 35.5. The third-order valence-corrected chi connectivity index (χ3v) is 12.9. The molecule has 1 amide bonds. The van der Waals surface area contributed by atoms with Crippen molar-refractivity contribution in [2.24, 2.45) is 5.41 Å². The predicted octanol–water partition coefficient (Wildman–Crippen LogP) is 7.84. The van der Waals surface area contributed by atoms with Crippen LogP contribution in [-0.4, -0.2) is 102 Å². The lowest BCUT2D eigenvalue weighted by Crippen LogP contribution is -2.63. The van der Waals surface area contributed by atoms with Crippen molar-refractivity contribution < 1.29 is 49.4 Å². The van der Waals surface area contributed by atoms with Gasteiger partial charge in [-0.05, 0) is 49.9 Å². The summed E-state index contributed by atoms with van der Waals surface area (Å²) < 4.78 is 121. The van der Waals surface area contributed by atoms with Crippen LogP contribution >= 0.6 is 22.9 Å². The number of likely N-dealkylation sites (tertiary alicyclic amines) is 1. The van der Waals surface area contributed by atoms with Gasteiger partial charge in [-0.15, -0.1) is 11.3 Å². The summed E-state index contributed by atoms with van der Waals surface area (Å²) in [6.45, 7) is 0.187. The number of hydrogen-bond donors (Lipinski definition) is 1. The SMILES string of the molecule is N#Cc1c(N)sc2c(F)ccc(-c3c(Cl)cc4c(N5CCCCC6(CN(C(=O)COC(F)(F)C(F)(F)F)C6)C5)nc(OC[C@@]56CCCN5C[C@H](F)C6)nc4c3F)c12. The van der Waals surface area contributed by atoms with E-state index in [0.29, 0.717) is 38.8 Å². The minimum Gasteiger partial charge on any atom is -0.461 e. The van der Waals surface area contributed by atoms with Gasteiger partial charge in [0.1, 0.15) is 47.6 Å². The van der Waals surface area contributed by atoms with Gasteiger partial charge in [-0.2, -0.15) is 37.2 Å². The minimum absolute atomic E-state index is 0.0230. The third-order valence-electron chi connectivity index (χ3n) is 11.6. The predicted molar refractivity (Wildman–Crippen MR) is 195 cm³/mol. The lowest BCUT2D eigenvalue weighted by molar-refractivity contribution is -0.389. The maximum absolute atomic E-state index is 17.2. The summed E-state index contributed by atoms with van der Waals surface area (Å²) in [5.41, 5.74) is 4.50. The molecule has 0 unspecified atom stereocenters. The van der Waals surface area contributed by atoms with Crippen molar-refractivity contribution in [3.05, 3.63) is 40.4 Å². The van der Waals surface area contributed by atoms with Gasteiger partial charge in [-0.1, -0.05) is 24.1 Å². The Morgan fingerprint density at radius 1 is 1.09 bits per heavy atom. The van der Waals surface area contributed by atoms with Crippen molar-refractivity contribution in [3.8, 4) is 23.2 Å². The standard InChI is InChI=1S/C37H34ClF8N7O3S/c38-23-10-21-29(28(41)27(23)20-4-5-24(40)30-26(20)22(12-47)31(48)57-30)49-33(55-18-35-7-3-9-53(35)13-19(39)11-35)50-32(21)51-8-2-1-6-34(15-51)16-52(17-34)25(54)14-56-37(45,46)36(42,43)44/h4-5,10,19H,1-3,6-9,11,13-18,48H2/t19-,35+/m1/s1. The molecule has 2 N–H and O–H groups in total. The molecule has 0 saturated carbocycles. The van der Waals surface area contributed by atoms with E-state index in [-0.39, 0.29) is 98.7 Å². The van der Waals surface area contributed by atoms with Crippen LogP contribution in [-0.2, 0) is 9.53 Å². The van der Waals surface area contributed by atoms with Crippen molar-refractivity contribution in [1.82, 2.24) is 19.8 Å². The second-order valence-corrected chi connectivity index (χ2v) is 16.8. The summed E-state index contributed by atoms with van der Waals surface area (Å²) in [6.07, 6.45) is -8.90. The van der Waals surface area contributed by atoms with E-state index in [1.165, 1.54) is 12.1 Å². The van der Waals surface area contributed by atoms with E-state index in [9.17, 15) is 40.8 Å². The van der Waals surface area contributed by atoms with Gasteiger partial charge in [0, 0.05) is 60.9 Å². The number of alkyl halides is 6. The van der Waals surface area contributed by atoms with Gasteiger partial charge >= 0.3 is 18.3 Å². The molecule has 4 aliphatic heterocycles. The van der Waals surface area contributed by atoms with Crippen molar-refractivity contribution in [2.75, 3.05) is 63.1 Å². The molecule has 1 spiro atoms. The topological polar surface area (TPSA) is 121 Å². The van der Waals surface area contributed by atoms with Crippen LogP contribution in [0.4, 0.5) is 45.9 Å². The molecule has 6 heterocycles. The Bertz CT molecular complexity index is 2320. The molecule has 0 aliphatic carbocycles. The van der Waals surface area contributed by atoms with Crippen LogP contribution in [0.3, 0.4) is 0 Å². The van der Waals surface area contributed by atoms with Gasteiger partial charge in [0.05, 0.1) is 20.8 Å². The second kappa shape index (κ2) is 14.2. The van der Waals surface area contributed by atoms with Crippen molar-refractivity contribution in [3.63, 3.8) is 0 Å². The van der Waals surface area contributed by atoms with Crippen molar-refractivity contribution in [2.45, 2.75) is 62.5 Å². The number of nitrogen functional groups attached to an aromatic ring is 1. The normalized spacial score (nSPS) is 22.6. The maximum Gasteiger partial charge on any atom is 0.482 e. The van der Waals surface area contributed by atoms with Gasteiger partial charge in [0.25, 0.3) is 0 Å². The van der Waals surface area contributed by atoms with Gasteiger partial charge < -0.3 is 25.0 Å². The van der Waals surface area contributed by atoms with Crippen LogP contribution in [0.15, 0.2) is 18.2 Å². The lowest BCUT2D eigenvalue weighted by atomic mass is 9.75. The molecule has 304 valence electrons. The molecule has 2 aromatic carbocycles. The number of ether oxygens (including phenoxy) is 2. The Morgan fingerprint density at radius 2 is 1.86 bits per heavy atom. The van der Waals surface area contributed by atoms with Crippen LogP contribution in [0.25, 0.3) is 32.1 Å². The smallest absolute Gasteiger partial charge is 0.461 e. The molecule has 8 rings (SSSR count). The molecular formula is C37H34ClF8N7O3S. The highest BCUT2D eigenvalue weighted by Gasteiger charge is 2.60. The number of nitrogens with zero attached hydrogens (tertiary/aromatic N) is 6. The summed E-state index contributed by atoms with van der Waals surface area (Å²) >= 11 is 7.70. The van der Waals surface area contributed by atoms with Gasteiger partial charge in [-0.25, -0.2) is 13.2 Å². The monoisotopic (exact) mass is 843 g/mol. The Morgan fingerprint density at radius 3 is 2.60 bits per heavy atom. The number of halogens is 9. The summed E-state index contributed by atoms with van der Waals surface area (Å²) in [5.74, 6) is -2.39. The number of thiophene rings is 1. The summed E-state index contributed by atoms with van der Waals surface area (Å²) in [5, 5.41) is 10.1. The molecular weight excluding hydrogens is 810 g/mol. The zero-order valence-electron chi connectivity index (χ0n) is 30.0. The number of carbonyl (C=O) groups is 1. The number of fused-ring (bicyclic) bond motifs is 3. The first-order valence-corrected chi connectivity index (χ1v) is 19.4. The number of rotatable bonds is 8. The van der Waals surface area contributed by atoms with Crippen LogP contribution in [0.5, 0.6) is 6.01 Å². The number of benzene rings is 2. The highest BCUT2D eigenvalue weighted by molar-refractivity contribution is 7.23. The summed E-state index contributed by atoms with van der Waals surface area (Å²) in [4.78, 5) is 26.9. The fourth-order valence-corrected chi connectivity index (χ4v) is 10.2. The molecule has 4 saturated heterocycles. The highest BCUT2D eigenvalue weighted by Crippen LogP contribution is 2.48. The quantitative estimate of drug-likeness (QED) is 0.177. The first kappa shape index (κ1) is 39.6. The summed E-state index contributed by atoms with van der Waals surface area (Å²) in [6, 6.07) is 5.65. The van der Waals surface area contributed by atoms with Crippen molar-refractivity contribution in [1.29, 1.82) is 5.26 Å². The van der Waals surface area contributed by atoms with Gasteiger partial charge in [0.2, 0.25) is 5.91 Å². The molecule has 4 aromatic rings. The molecule has 2 aromatic heterocycles. The average Bonchev–Trinajstić information content (AvgIpc) is 3.72. The Hall–Kier alpha value is -4.25. The number of nitrogens with two attached hydrogens (primary N) is 1. The minimum atomic E-state index is -5.98. The van der Waals surface area contributed by atoms with E-state index in [1.807, 2.05) is 15.9 Å². The number of amides is 1. The van der Waals surface area contributed by atoms with E-state index in [0.717, 1.165) is 28.7 Å². The van der Waals surface area contributed by atoms with Crippen LogP contribution in [0, 0.1) is 28.4 Å². The van der Waals surface area contributed by atoms with Gasteiger partial charge in [0.15, 0.2) is 5.82 Å². The number of hydrogen-bond acceptors (Lipinski definition) is 10. The number of aromatic nitrogens is 2. The first-order valence-electron chi connectivity index (χ1n) is 18.2. The Kier molecular flexibility index (Phi) is 9.88. The average molecular weight is 844 g/mol. The van der Waals surface area contributed by atoms with E-state index < -0.39 is 53.6 Å². The fourth-order valence-electron chi connectivity index (χ4n) is 8.94. The second-order valence-electron chi connectivity index (χ2n) is 15.3. The molecule has 57 heavy (non-hydrogen) atoms. The first-order chi connectivity index (χ1) is 26.9. The van der Waals surface area contributed by atoms with E-state index in [2.05, 4.69) is 9.72 Å². The Balaban J connectivity index is 1.17. The van der Waals surface area contributed by atoms with Crippen LogP contribution in [0.2, 0.25) is 5.02 Å². The lowest BCUT2D eigenvalue weighted by Gasteiger charge is -2.51. The van der Waals surface area contributed by atoms with E-state index >= 15 is 4.39 Å². The molecule has 2 atom stereocenters. The molecule has 20 heteroatoms. The zero-order chi connectivity index (χ0) is 40.7. The number of anilines is 2. The fraction of sp³-hybridized carbons (Fsp3) is 0.514. The maximum atomic E-state index is 17.2. The van der Waals surface area contributed by atoms with Crippen LogP contribution < -0.4 is 15.4 Å². The van der Waals surface area contributed by atoms with Crippen LogP contribution in [0.1, 0.15) is 44.1 Å². The number of carbonyl (C=O) groups excluding carboxylic acids is 1. The van der Waals surface area contributed by atoms with E-state index in [4.69, 9.17) is 27.1 Å². The zero-order valence-corrected chi connectivity index (χ0v) is 31.6. The molecule has 10 nitrogen and oxygen atoms in total. The van der Waals surface area contributed by atoms with Crippen molar-refractivity contribution >= 4 is 60.7 Å². The molecule has 0 bridgehead atoms. The van der Waals surface area contributed by atoms with Gasteiger partial charge in [-0.3, -0.25) is 9.69 Å². The third kappa shape index (κ3) is 6.85. The molecule has 4 aliphatic rings. The summed E-state index contributed by atoms with van der Waals surface area (Å²) in [7, 11) is 0. The Labute approximate surface area is 329 Å². The number of nitriles is 1. The molecule has 0 radical (unpaired) electrons. The largest absolute Gasteiger partial charge is 0.482 e.